The summed E-state index contributed by atoms with van der Waals surface area (Å²) >= 11 is 0. The van der Waals surface area contributed by atoms with Crippen LogP contribution in [0.4, 0.5) is 0 Å². The van der Waals surface area contributed by atoms with Crippen LogP contribution in [0.2, 0.25) is 0 Å². The van der Waals surface area contributed by atoms with Crippen molar-refractivity contribution in [1.82, 2.24) is 4.90 Å². The van der Waals surface area contributed by atoms with Crippen molar-refractivity contribution in [2.45, 2.75) is 99.3 Å². The largest absolute Gasteiger partial charge is 0.333 e. The van der Waals surface area contributed by atoms with E-state index in [1.165, 1.54) is 88.5 Å². The fourth-order valence-electron chi connectivity index (χ4n) is 4.22. The Balaban J connectivity index is 0.000000679. The molecule has 2 unspecified atom stereocenters. The van der Waals surface area contributed by atoms with E-state index in [9.17, 15) is 0 Å². The second-order valence-electron chi connectivity index (χ2n) is 9.10. The number of likely N-dealkylation sites (tertiary alicyclic amines) is 1. The van der Waals surface area contributed by atoms with Crippen molar-refractivity contribution >= 4 is 5.71 Å². The third kappa shape index (κ3) is 14.5. The van der Waals surface area contributed by atoms with E-state index >= 15 is 0 Å². The van der Waals surface area contributed by atoms with E-state index < -0.39 is 0 Å². The zero-order valence-electron chi connectivity index (χ0n) is 21.9. The highest BCUT2D eigenvalue weighted by Crippen LogP contribution is 2.30. The van der Waals surface area contributed by atoms with E-state index in [4.69, 9.17) is 4.99 Å². The summed E-state index contributed by atoms with van der Waals surface area (Å²) in [5.41, 5.74) is 8.23. The summed E-state index contributed by atoms with van der Waals surface area (Å²) in [5.74, 6) is 2.08. The summed E-state index contributed by atoms with van der Waals surface area (Å²) in [6.07, 6.45) is 20.8. The van der Waals surface area contributed by atoms with Crippen LogP contribution >= 0.6 is 0 Å². The maximum Gasteiger partial charge on any atom is 0.0572 e. The minimum Gasteiger partial charge on any atom is -0.333 e. The topological polar surface area (TPSA) is 41.6 Å². The molecule has 0 amide bonds. The molecular formula is C28H53N3. The Morgan fingerprint density at radius 3 is 2.19 bits per heavy atom. The average Bonchev–Trinajstić information content (AvgIpc) is 2.81. The number of hydrogen-bond acceptors (Lipinski definition) is 3. The van der Waals surface area contributed by atoms with Gasteiger partial charge in [-0.15, -0.1) is 0 Å². The molecule has 3 nitrogen and oxygen atoms in total. The Morgan fingerprint density at radius 2 is 1.68 bits per heavy atom. The highest BCUT2D eigenvalue weighted by atomic mass is 15.1. The van der Waals surface area contributed by atoms with Gasteiger partial charge in [0.2, 0.25) is 0 Å². The zero-order chi connectivity index (χ0) is 23.5. The smallest absolute Gasteiger partial charge is 0.0572 e. The summed E-state index contributed by atoms with van der Waals surface area (Å²) in [7, 11) is 1.50. The first kappa shape index (κ1) is 29.8. The van der Waals surface area contributed by atoms with Crippen molar-refractivity contribution in [2.75, 3.05) is 26.7 Å². The van der Waals surface area contributed by atoms with E-state index in [1.54, 1.807) is 0 Å². The lowest BCUT2D eigenvalue weighted by Gasteiger charge is -2.27. The van der Waals surface area contributed by atoms with Crippen molar-refractivity contribution in [3.8, 4) is 0 Å². The SMILES string of the molecule is CCC1CCCC(C)C1.CN.C\C=C/C=C\C(C)=C(/CN1CCCCC1)N=C(C)CC. The molecule has 0 spiro atoms. The van der Waals surface area contributed by atoms with Gasteiger partial charge in [0.15, 0.2) is 0 Å². The van der Waals surface area contributed by atoms with Gasteiger partial charge >= 0.3 is 0 Å². The van der Waals surface area contributed by atoms with Gasteiger partial charge < -0.3 is 5.73 Å². The third-order valence-electron chi connectivity index (χ3n) is 6.39. The molecule has 1 heterocycles. The monoisotopic (exact) mass is 431 g/mol. The van der Waals surface area contributed by atoms with E-state index in [0.717, 1.165) is 24.8 Å². The summed E-state index contributed by atoms with van der Waals surface area (Å²) in [5, 5.41) is 0. The van der Waals surface area contributed by atoms with Crippen LogP contribution in [0.1, 0.15) is 99.3 Å². The molecule has 3 heteroatoms. The van der Waals surface area contributed by atoms with Gasteiger partial charge in [-0.3, -0.25) is 9.89 Å². The van der Waals surface area contributed by atoms with E-state index in [1.807, 2.05) is 6.92 Å². The van der Waals surface area contributed by atoms with Crippen LogP contribution in [0.25, 0.3) is 0 Å². The fourth-order valence-corrected chi connectivity index (χ4v) is 4.22. The Labute approximate surface area is 195 Å². The molecule has 0 bridgehead atoms. The summed E-state index contributed by atoms with van der Waals surface area (Å²) in [6.45, 7) is 16.6. The minimum atomic E-state index is 0.989. The number of aliphatic imine (C=N–C) groups is 1. The molecule has 31 heavy (non-hydrogen) atoms. The predicted molar refractivity (Wildman–Crippen MR) is 142 cm³/mol. The molecule has 1 saturated carbocycles. The Bertz CT molecular complexity index is 551. The van der Waals surface area contributed by atoms with Crippen molar-refractivity contribution in [3.05, 3.63) is 35.6 Å². The third-order valence-corrected chi connectivity index (χ3v) is 6.39. The summed E-state index contributed by atoms with van der Waals surface area (Å²) < 4.78 is 0. The fraction of sp³-hybridized carbons (Fsp3) is 0.750. The molecule has 0 aromatic heterocycles. The van der Waals surface area contributed by atoms with Gasteiger partial charge in [-0.1, -0.05) is 77.2 Å². The first-order chi connectivity index (χ1) is 15.0. The van der Waals surface area contributed by atoms with Gasteiger partial charge in [0.25, 0.3) is 0 Å². The zero-order valence-corrected chi connectivity index (χ0v) is 21.9. The van der Waals surface area contributed by atoms with Gasteiger partial charge in [-0.2, -0.15) is 0 Å². The number of piperidine rings is 1. The predicted octanol–water partition coefficient (Wildman–Crippen LogP) is 7.55. The molecular weight excluding hydrogens is 378 g/mol. The summed E-state index contributed by atoms with van der Waals surface area (Å²) in [6, 6.07) is 0. The second-order valence-corrected chi connectivity index (χ2v) is 9.10. The summed E-state index contributed by atoms with van der Waals surface area (Å²) in [4.78, 5) is 7.39. The van der Waals surface area contributed by atoms with Crippen molar-refractivity contribution in [3.63, 3.8) is 0 Å². The Kier molecular flexibility index (Phi) is 18.7. The molecule has 0 aromatic rings. The van der Waals surface area contributed by atoms with Crippen molar-refractivity contribution in [1.29, 1.82) is 0 Å². The number of nitrogens with two attached hydrogens (primary N) is 1. The molecule has 2 atom stereocenters. The maximum absolute atomic E-state index is 4.85. The Morgan fingerprint density at radius 1 is 1.00 bits per heavy atom. The van der Waals surface area contributed by atoms with E-state index in [0.29, 0.717) is 0 Å². The lowest BCUT2D eigenvalue weighted by molar-refractivity contribution is 0.245. The number of allylic oxidation sites excluding steroid dienone is 5. The minimum absolute atomic E-state index is 0.989. The number of nitrogens with zero attached hydrogens (tertiary/aromatic N) is 2. The number of rotatable bonds is 7. The highest BCUT2D eigenvalue weighted by Gasteiger charge is 2.16. The maximum atomic E-state index is 4.85. The first-order valence-corrected chi connectivity index (χ1v) is 12.8. The highest BCUT2D eigenvalue weighted by molar-refractivity contribution is 5.82. The molecule has 1 aliphatic heterocycles. The van der Waals surface area contributed by atoms with Gasteiger partial charge in [0.05, 0.1) is 5.70 Å². The van der Waals surface area contributed by atoms with Crippen LogP contribution in [-0.4, -0.2) is 37.3 Å². The molecule has 0 radical (unpaired) electrons. The lowest BCUT2D eigenvalue weighted by Crippen LogP contribution is -2.31. The van der Waals surface area contributed by atoms with E-state index in [2.05, 4.69) is 69.6 Å². The molecule has 0 aromatic carbocycles. The number of hydrogen-bond donors (Lipinski definition) is 1. The lowest BCUT2D eigenvalue weighted by atomic mass is 9.81. The quantitative estimate of drug-likeness (QED) is 0.334. The van der Waals surface area contributed by atoms with Gasteiger partial charge in [0, 0.05) is 12.3 Å². The normalized spacial score (nSPS) is 23.7. The van der Waals surface area contributed by atoms with Crippen molar-refractivity contribution in [2.24, 2.45) is 22.6 Å². The Hall–Kier alpha value is -1.19. The standard InChI is InChI=1S/C18H30N2.C9H18.CH5N/c1-5-7-9-12-16(3)18(19-17(4)6-2)15-20-13-10-8-11-14-20;1-3-9-6-4-5-8(2)7-9;1-2/h5,7,9,12H,6,8,10-11,13-15H2,1-4H3;8-9H,3-7H2,1-2H3;2H2,1H3/b7-5-,12-9-,18-16+,19-17?;;. The van der Waals surface area contributed by atoms with Crippen molar-refractivity contribution < 1.29 is 0 Å². The van der Waals surface area contributed by atoms with Crippen LogP contribution in [0.3, 0.4) is 0 Å². The molecule has 1 saturated heterocycles. The molecule has 2 N–H and O–H groups in total. The molecule has 180 valence electrons. The van der Waals surface area contributed by atoms with Crippen LogP contribution in [0.15, 0.2) is 40.6 Å². The van der Waals surface area contributed by atoms with Crippen LogP contribution in [0.5, 0.6) is 0 Å². The van der Waals surface area contributed by atoms with Crippen LogP contribution < -0.4 is 5.73 Å². The first-order valence-electron chi connectivity index (χ1n) is 12.8. The van der Waals surface area contributed by atoms with Crippen LogP contribution in [-0.2, 0) is 0 Å². The van der Waals surface area contributed by atoms with Gasteiger partial charge in [0.1, 0.15) is 0 Å². The second kappa shape index (κ2) is 19.5. The molecule has 2 rings (SSSR count). The molecule has 2 aliphatic rings. The molecule has 2 fully saturated rings. The average molecular weight is 432 g/mol. The molecule has 1 aliphatic carbocycles. The van der Waals surface area contributed by atoms with E-state index in [-0.39, 0.29) is 0 Å². The van der Waals surface area contributed by atoms with Gasteiger partial charge in [-0.25, -0.2) is 0 Å². The van der Waals surface area contributed by atoms with Crippen LogP contribution in [0, 0.1) is 11.8 Å². The van der Waals surface area contributed by atoms with Gasteiger partial charge in [-0.05, 0) is 84.0 Å².